The van der Waals surface area contributed by atoms with Gasteiger partial charge in [0, 0.05) is 42.5 Å². The fraction of sp³-hybridized carbons (Fsp3) is 0.375. The second kappa shape index (κ2) is 13.9. The first kappa shape index (κ1) is 34.1. The van der Waals surface area contributed by atoms with E-state index in [0.717, 1.165) is 5.39 Å². The lowest BCUT2D eigenvalue weighted by molar-refractivity contribution is -0.139. The van der Waals surface area contributed by atoms with Crippen molar-refractivity contribution >= 4 is 50.6 Å². The molecule has 15 nitrogen and oxygen atoms in total. The molecule has 0 unspecified atom stereocenters. The standard InChI is InChI=1S/C32H37N7O8S/c1-4-21-15-32(21,31(43)38-48(44,45)24-6-7-24)37-29(42)26-14-23(47-30-25-8-5-22(46-3)13-20(25)9-11-35-30)18-39(26)27(40)17-36-28(41)19(2)16-34-12-10-33/h4-5,8-13,16,21,23-24,26H,1-2,6-7,14-15,17-18,33H2,3H3,(H,36,41)(H,37,42)(H,38,43)/b12-10-,34-16?/t21-,23-,26+,32-/m1/s1. The highest BCUT2D eigenvalue weighted by molar-refractivity contribution is 7.91. The van der Waals surface area contributed by atoms with E-state index in [2.05, 4.69) is 38.5 Å². The van der Waals surface area contributed by atoms with Gasteiger partial charge in [0.15, 0.2) is 0 Å². The van der Waals surface area contributed by atoms with Crippen LogP contribution in [0.15, 0.2) is 72.7 Å². The number of benzene rings is 1. The molecule has 0 spiro atoms. The molecule has 1 aliphatic heterocycles. The maximum Gasteiger partial charge on any atom is 0.259 e. The van der Waals surface area contributed by atoms with E-state index in [0.29, 0.717) is 24.0 Å². The number of ether oxygens (including phenoxy) is 2. The summed E-state index contributed by atoms with van der Waals surface area (Å²) in [6, 6.07) is 6.01. The summed E-state index contributed by atoms with van der Waals surface area (Å²) >= 11 is 0. The Morgan fingerprint density at radius 3 is 2.67 bits per heavy atom. The van der Waals surface area contributed by atoms with Crippen molar-refractivity contribution in [2.24, 2.45) is 16.6 Å². The van der Waals surface area contributed by atoms with Crippen LogP contribution in [0.25, 0.3) is 10.8 Å². The van der Waals surface area contributed by atoms with Crippen LogP contribution >= 0.6 is 0 Å². The molecular weight excluding hydrogens is 642 g/mol. The zero-order valence-electron chi connectivity index (χ0n) is 26.3. The van der Waals surface area contributed by atoms with Gasteiger partial charge in [-0.15, -0.1) is 6.58 Å². The minimum atomic E-state index is -3.89. The average molecular weight is 680 g/mol. The van der Waals surface area contributed by atoms with Crippen molar-refractivity contribution in [1.29, 1.82) is 0 Å². The second-order valence-electron chi connectivity index (χ2n) is 11.8. The summed E-state index contributed by atoms with van der Waals surface area (Å²) in [7, 11) is -2.33. The van der Waals surface area contributed by atoms with Gasteiger partial charge in [0.25, 0.3) is 11.8 Å². The Morgan fingerprint density at radius 1 is 1.23 bits per heavy atom. The normalized spacial score (nSPS) is 23.5. The van der Waals surface area contributed by atoms with Crippen molar-refractivity contribution in [2.45, 2.75) is 48.6 Å². The Morgan fingerprint density at radius 2 is 2.00 bits per heavy atom. The number of aromatic nitrogens is 1. The van der Waals surface area contributed by atoms with Crippen LogP contribution in [0.3, 0.4) is 0 Å². The van der Waals surface area contributed by atoms with Crippen LogP contribution in [0.1, 0.15) is 25.7 Å². The Labute approximate surface area is 277 Å². The van der Waals surface area contributed by atoms with Crippen molar-refractivity contribution in [3.05, 3.63) is 67.7 Å². The zero-order chi connectivity index (χ0) is 34.6. The van der Waals surface area contributed by atoms with Gasteiger partial charge in [-0.25, -0.2) is 13.4 Å². The first-order valence-corrected chi connectivity index (χ1v) is 16.7. The van der Waals surface area contributed by atoms with Gasteiger partial charge in [0.1, 0.15) is 23.4 Å². The molecule has 2 heterocycles. The molecule has 0 radical (unpaired) electrons. The van der Waals surface area contributed by atoms with Crippen LogP contribution < -0.4 is 30.6 Å². The van der Waals surface area contributed by atoms with Crippen LogP contribution in [0.4, 0.5) is 0 Å². The van der Waals surface area contributed by atoms with Crippen LogP contribution in [-0.4, -0.2) is 91.3 Å². The van der Waals surface area contributed by atoms with E-state index in [1.54, 1.807) is 31.5 Å². The van der Waals surface area contributed by atoms with Crippen molar-refractivity contribution in [3.63, 3.8) is 0 Å². The number of hydrogen-bond donors (Lipinski definition) is 4. The summed E-state index contributed by atoms with van der Waals surface area (Å²) < 4.78 is 38.7. The van der Waals surface area contributed by atoms with Gasteiger partial charge in [0.05, 0.1) is 31.0 Å². The van der Waals surface area contributed by atoms with E-state index >= 15 is 0 Å². The van der Waals surface area contributed by atoms with Crippen LogP contribution in [0.2, 0.25) is 0 Å². The number of amides is 4. The highest BCUT2D eigenvalue weighted by atomic mass is 32.2. The predicted molar refractivity (Wildman–Crippen MR) is 176 cm³/mol. The molecule has 1 aromatic carbocycles. The Hall–Kier alpha value is -5.25. The summed E-state index contributed by atoms with van der Waals surface area (Å²) in [4.78, 5) is 62.6. The zero-order valence-corrected chi connectivity index (χ0v) is 27.1. The molecule has 2 aliphatic carbocycles. The van der Waals surface area contributed by atoms with Gasteiger partial charge in [-0.1, -0.05) is 12.7 Å². The van der Waals surface area contributed by atoms with E-state index < -0.39 is 69.0 Å². The topological polar surface area (TPSA) is 211 Å². The van der Waals surface area contributed by atoms with Crippen LogP contribution in [0, 0.1) is 5.92 Å². The molecule has 3 fully saturated rings. The molecule has 2 saturated carbocycles. The molecule has 4 atom stereocenters. The van der Waals surface area contributed by atoms with Gasteiger partial charge < -0.3 is 30.7 Å². The number of pyridine rings is 1. The molecule has 1 aromatic heterocycles. The Balaban J connectivity index is 1.35. The van der Waals surface area contributed by atoms with E-state index in [4.69, 9.17) is 15.2 Å². The smallest absolute Gasteiger partial charge is 0.259 e. The summed E-state index contributed by atoms with van der Waals surface area (Å²) in [5, 5.41) is 6.01. The molecule has 3 aliphatic rings. The molecule has 48 heavy (non-hydrogen) atoms. The van der Waals surface area contributed by atoms with Crippen LogP contribution in [0.5, 0.6) is 11.6 Å². The summed E-state index contributed by atoms with van der Waals surface area (Å²) in [6.45, 7) is 6.79. The number of nitrogens with two attached hydrogens (primary N) is 1. The maximum absolute atomic E-state index is 13.9. The minimum Gasteiger partial charge on any atom is -0.497 e. The van der Waals surface area contributed by atoms with Crippen molar-refractivity contribution in [1.82, 2.24) is 25.2 Å². The number of sulfonamides is 1. The van der Waals surface area contributed by atoms with E-state index in [1.807, 2.05) is 6.07 Å². The number of carbonyl (C=O) groups excluding carboxylic acids is 4. The first-order chi connectivity index (χ1) is 22.9. The second-order valence-corrected chi connectivity index (χ2v) is 13.7. The average Bonchev–Trinajstić information content (AvgIpc) is 4.00. The third-order valence-corrected chi connectivity index (χ3v) is 10.3. The minimum absolute atomic E-state index is 0.0152. The number of aliphatic imine (C=N–C) groups is 1. The lowest BCUT2D eigenvalue weighted by Crippen LogP contribution is -2.57. The maximum atomic E-state index is 13.9. The molecule has 1 saturated heterocycles. The number of methoxy groups -OCH3 is 1. The van der Waals surface area contributed by atoms with Crippen LogP contribution in [-0.2, 0) is 29.2 Å². The van der Waals surface area contributed by atoms with Crippen molar-refractivity contribution < 1.29 is 37.1 Å². The lowest BCUT2D eigenvalue weighted by atomic mass is 10.1. The summed E-state index contributed by atoms with van der Waals surface area (Å²) in [5.74, 6) is -2.43. The number of nitrogens with zero attached hydrogens (tertiary/aromatic N) is 3. The molecular formula is C32H37N7O8S. The lowest BCUT2D eigenvalue weighted by Gasteiger charge is -2.26. The number of nitrogens with one attached hydrogen (secondary N) is 3. The van der Waals surface area contributed by atoms with Gasteiger partial charge in [-0.2, -0.15) is 0 Å². The highest BCUT2D eigenvalue weighted by Gasteiger charge is 2.62. The Bertz CT molecular complexity index is 1820. The van der Waals surface area contributed by atoms with Crippen molar-refractivity contribution in [3.8, 4) is 11.6 Å². The number of carbonyl (C=O) groups is 4. The largest absolute Gasteiger partial charge is 0.497 e. The van der Waals surface area contributed by atoms with Gasteiger partial charge >= 0.3 is 0 Å². The van der Waals surface area contributed by atoms with Gasteiger partial charge in [0.2, 0.25) is 27.7 Å². The molecule has 0 bridgehead atoms. The fourth-order valence-corrected chi connectivity index (χ4v) is 6.91. The molecule has 254 valence electrons. The Kier molecular flexibility index (Phi) is 9.84. The predicted octanol–water partition coefficient (Wildman–Crippen LogP) is 0.434. The third-order valence-electron chi connectivity index (χ3n) is 8.44. The first-order valence-electron chi connectivity index (χ1n) is 15.2. The monoisotopic (exact) mass is 679 g/mol. The van der Waals surface area contributed by atoms with Gasteiger partial charge in [-0.3, -0.25) is 28.9 Å². The van der Waals surface area contributed by atoms with Crippen molar-refractivity contribution in [2.75, 3.05) is 20.2 Å². The quantitative estimate of drug-likeness (QED) is 0.123. The molecule has 5 rings (SSSR count). The third kappa shape index (κ3) is 7.33. The molecule has 2 aromatic rings. The number of hydrogen-bond acceptors (Lipinski definition) is 11. The highest BCUT2D eigenvalue weighted by Crippen LogP contribution is 2.45. The number of rotatable bonds is 14. The summed E-state index contributed by atoms with van der Waals surface area (Å²) in [5.41, 5.74) is 3.65. The molecule has 4 amide bonds. The SMILES string of the molecule is C=C[C@@H]1C[C@]1(NC(=O)[C@@H]1C[C@@H](Oc2nccc3cc(OC)ccc23)CN1C(=O)CNC(=O)C(=C)C=N/C=C\N)C(=O)NS(=O)(=O)C1CC1. The summed E-state index contributed by atoms with van der Waals surface area (Å²) in [6.07, 6.45) is 6.99. The molecule has 5 N–H and O–H groups in total. The van der Waals surface area contributed by atoms with E-state index in [9.17, 15) is 27.6 Å². The fourth-order valence-electron chi connectivity index (χ4n) is 5.55. The number of fused-ring (bicyclic) bond motifs is 1. The number of likely N-dealkylation sites (tertiary alicyclic amines) is 1. The van der Waals surface area contributed by atoms with Gasteiger partial charge in [-0.05, 0) is 48.9 Å². The van der Waals surface area contributed by atoms with E-state index in [1.165, 1.54) is 29.6 Å². The molecule has 16 heteroatoms. The van der Waals surface area contributed by atoms with E-state index in [-0.39, 0.29) is 30.8 Å².